The number of nitrogens with zero attached hydrogens (tertiary/aromatic N) is 3. The Hall–Kier alpha value is -1.79. The highest BCUT2D eigenvalue weighted by Crippen LogP contribution is 2.24. The van der Waals surface area contributed by atoms with Gasteiger partial charge < -0.3 is 15.4 Å². The highest BCUT2D eigenvalue weighted by atomic mass is 32.1. The van der Waals surface area contributed by atoms with Crippen LogP contribution in [-0.2, 0) is 6.54 Å². The predicted octanol–water partition coefficient (Wildman–Crippen LogP) is 2.06. The summed E-state index contributed by atoms with van der Waals surface area (Å²) in [4.78, 5) is 9.17. The van der Waals surface area contributed by atoms with Gasteiger partial charge in [-0.25, -0.2) is 4.98 Å². The van der Waals surface area contributed by atoms with Crippen molar-refractivity contribution in [1.82, 2.24) is 9.88 Å². The number of nitrogens with two attached hydrogens (primary N) is 1. The zero-order valence-corrected chi connectivity index (χ0v) is 13.0. The van der Waals surface area contributed by atoms with Crippen molar-refractivity contribution in [1.29, 1.82) is 0 Å². The van der Waals surface area contributed by atoms with Crippen molar-refractivity contribution in [3.05, 3.63) is 35.3 Å². The summed E-state index contributed by atoms with van der Waals surface area (Å²) >= 11 is 1.70. The van der Waals surface area contributed by atoms with Crippen molar-refractivity contribution >= 4 is 22.2 Å². The Morgan fingerprint density at radius 1 is 1.29 bits per heavy atom. The van der Waals surface area contributed by atoms with E-state index in [2.05, 4.69) is 20.9 Å². The summed E-state index contributed by atoms with van der Waals surface area (Å²) in [7, 11) is 1.69. The summed E-state index contributed by atoms with van der Waals surface area (Å²) in [5.41, 5.74) is 7.73. The van der Waals surface area contributed by atoms with Gasteiger partial charge in [-0.2, -0.15) is 0 Å². The Labute approximate surface area is 129 Å². The van der Waals surface area contributed by atoms with Crippen LogP contribution >= 0.6 is 11.3 Å². The van der Waals surface area contributed by atoms with E-state index in [4.69, 9.17) is 10.5 Å². The van der Waals surface area contributed by atoms with Crippen molar-refractivity contribution in [2.24, 2.45) is 0 Å². The molecule has 1 aliphatic rings. The first-order valence-corrected chi connectivity index (χ1v) is 7.93. The number of aromatic nitrogens is 1. The summed E-state index contributed by atoms with van der Waals surface area (Å²) in [5.74, 6) is 0.873. The molecule has 1 aromatic carbocycles. The third kappa shape index (κ3) is 3.28. The molecule has 1 fully saturated rings. The monoisotopic (exact) mass is 304 g/mol. The zero-order chi connectivity index (χ0) is 14.7. The minimum absolute atomic E-state index is 0.740. The van der Waals surface area contributed by atoms with Crippen molar-refractivity contribution in [3.8, 4) is 5.75 Å². The Bertz CT molecular complexity index is 579. The number of hydrogen-bond acceptors (Lipinski definition) is 6. The highest BCUT2D eigenvalue weighted by molar-refractivity contribution is 7.13. The van der Waals surface area contributed by atoms with E-state index in [1.807, 2.05) is 23.7 Å². The van der Waals surface area contributed by atoms with Crippen LogP contribution in [0, 0.1) is 0 Å². The van der Waals surface area contributed by atoms with Gasteiger partial charge in [-0.1, -0.05) is 6.07 Å². The van der Waals surface area contributed by atoms with Crippen LogP contribution in [0.25, 0.3) is 0 Å². The number of hydrogen-bond donors (Lipinski definition) is 1. The van der Waals surface area contributed by atoms with E-state index in [0.29, 0.717) is 0 Å². The normalized spacial score (nSPS) is 16.1. The van der Waals surface area contributed by atoms with Crippen LogP contribution in [0.2, 0.25) is 0 Å². The second-order valence-corrected chi connectivity index (χ2v) is 6.02. The van der Waals surface area contributed by atoms with Gasteiger partial charge >= 0.3 is 0 Å². The molecular formula is C15H20N4OS. The molecule has 0 bridgehead atoms. The lowest BCUT2D eigenvalue weighted by atomic mass is 10.1. The molecule has 6 heteroatoms. The molecule has 5 nitrogen and oxygen atoms in total. The van der Waals surface area contributed by atoms with Gasteiger partial charge in [0.05, 0.1) is 7.11 Å². The van der Waals surface area contributed by atoms with Crippen LogP contribution in [0.5, 0.6) is 5.75 Å². The zero-order valence-electron chi connectivity index (χ0n) is 12.2. The summed E-state index contributed by atoms with van der Waals surface area (Å²) in [5, 5.41) is 3.15. The summed E-state index contributed by atoms with van der Waals surface area (Å²) < 4.78 is 5.42. The van der Waals surface area contributed by atoms with Crippen LogP contribution < -0.4 is 15.4 Å². The van der Waals surface area contributed by atoms with E-state index in [1.54, 1.807) is 18.4 Å². The summed E-state index contributed by atoms with van der Waals surface area (Å²) in [6, 6.07) is 5.88. The van der Waals surface area contributed by atoms with Crippen molar-refractivity contribution < 1.29 is 4.74 Å². The minimum Gasteiger partial charge on any atom is -0.496 e. The molecule has 1 aromatic heterocycles. The molecule has 0 aliphatic carbocycles. The number of thiazole rings is 1. The first-order chi connectivity index (χ1) is 10.3. The largest absolute Gasteiger partial charge is 0.496 e. The smallest absolute Gasteiger partial charge is 0.185 e. The standard InChI is InChI=1S/C15H20N4OS/c1-20-14-10-13(16)3-2-12(14)11-18-5-7-19(8-6-18)15-17-4-9-21-15/h2-4,9-10H,5-8,11,16H2,1H3. The second-order valence-electron chi connectivity index (χ2n) is 5.15. The molecule has 2 heterocycles. The number of piperazine rings is 1. The molecule has 0 spiro atoms. The van der Waals surface area contributed by atoms with E-state index >= 15 is 0 Å². The maximum absolute atomic E-state index is 5.80. The third-order valence-corrected chi connectivity index (χ3v) is 4.60. The molecule has 21 heavy (non-hydrogen) atoms. The highest BCUT2D eigenvalue weighted by Gasteiger charge is 2.19. The van der Waals surface area contributed by atoms with E-state index in [1.165, 1.54) is 5.56 Å². The predicted molar refractivity (Wildman–Crippen MR) is 87.0 cm³/mol. The lowest BCUT2D eigenvalue weighted by Gasteiger charge is -2.34. The average Bonchev–Trinajstić information content (AvgIpc) is 3.04. The van der Waals surface area contributed by atoms with E-state index in [9.17, 15) is 0 Å². The van der Waals surface area contributed by atoms with Crippen LogP contribution in [0.1, 0.15) is 5.56 Å². The van der Waals surface area contributed by atoms with Crippen LogP contribution in [-0.4, -0.2) is 43.2 Å². The molecule has 0 atom stereocenters. The van der Waals surface area contributed by atoms with Gasteiger partial charge in [0.25, 0.3) is 0 Å². The van der Waals surface area contributed by atoms with Gasteiger partial charge in [-0.3, -0.25) is 4.90 Å². The van der Waals surface area contributed by atoms with Gasteiger partial charge in [0.1, 0.15) is 5.75 Å². The lowest BCUT2D eigenvalue weighted by molar-refractivity contribution is 0.246. The third-order valence-electron chi connectivity index (χ3n) is 3.77. The van der Waals surface area contributed by atoms with Gasteiger partial charge in [0.2, 0.25) is 0 Å². The van der Waals surface area contributed by atoms with E-state index < -0.39 is 0 Å². The summed E-state index contributed by atoms with van der Waals surface area (Å²) in [6.07, 6.45) is 1.87. The number of ether oxygens (including phenoxy) is 1. The Balaban J connectivity index is 1.60. The number of anilines is 2. The molecule has 0 amide bonds. The second kappa shape index (κ2) is 6.32. The number of benzene rings is 1. The fourth-order valence-corrected chi connectivity index (χ4v) is 3.30. The lowest BCUT2D eigenvalue weighted by Crippen LogP contribution is -2.45. The van der Waals surface area contributed by atoms with Gasteiger partial charge in [0, 0.05) is 61.6 Å². The first-order valence-electron chi connectivity index (χ1n) is 7.05. The Morgan fingerprint density at radius 3 is 2.76 bits per heavy atom. The SMILES string of the molecule is COc1cc(N)ccc1CN1CCN(c2nccs2)CC1. The fraction of sp³-hybridized carbons (Fsp3) is 0.400. The Kier molecular flexibility index (Phi) is 4.26. The van der Waals surface area contributed by atoms with Gasteiger partial charge in [-0.05, 0) is 6.07 Å². The molecule has 0 radical (unpaired) electrons. The maximum Gasteiger partial charge on any atom is 0.185 e. The minimum atomic E-state index is 0.740. The number of methoxy groups -OCH3 is 1. The molecule has 1 saturated heterocycles. The van der Waals surface area contributed by atoms with Crippen LogP contribution in [0.15, 0.2) is 29.8 Å². The Morgan fingerprint density at radius 2 is 2.10 bits per heavy atom. The van der Waals surface area contributed by atoms with Gasteiger partial charge in [0.15, 0.2) is 5.13 Å². The molecule has 0 unspecified atom stereocenters. The molecular weight excluding hydrogens is 284 g/mol. The fourth-order valence-electron chi connectivity index (χ4n) is 2.60. The maximum atomic E-state index is 5.80. The molecule has 2 aromatic rings. The van der Waals surface area contributed by atoms with E-state index in [-0.39, 0.29) is 0 Å². The molecule has 3 rings (SSSR count). The molecule has 2 N–H and O–H groups in total. The van der Waals surface area contributed by atoms with Crippen molar-refractivity contribution in [2.45, 2.75) is 6.54 Å². The molecule has 0 saturated carbocycles. The molecule has 112 valence electrons. The first kappa shape index (κ1) is 14.2. The van der Waals surface area contributed by atoms with Crippen molar-refractivity contribution in [3.63, 3.8) is 0 Å². The van der Waals surface area contributed by atoms with Gasteiger partial charge in [-0.15, -0.1) is 11.3 Å². The van der Waals surface area contributed by atoms with Crippen LogP contribution in [0.3, 0.4) is 0 Å². The molecule has 1 aliphatic heterocycles. The van der Waals surface area contributed by atoms with Crippen LogP contribution in [0.4, 0.5) is 10.8 Å². The number of nitrogen functional groups attached to an aromatic ring is 1. The summed E-state index contributed by atoms with van der Waals surface area (Å²) in [6.45, 7) is 5.00. The quantitative estimate of drug-likeness (QED) is 0.876. The average molecular weight is 304 g/mol. The van der Waals surface area contributed by atoms with Crippen molar-refractivity contribution in [2.75, 3.05) is 43.9 Å². The number of rotatable bonds is 4. The van der Waals surface area contributed by atoms with E-state index in [0.717, 1.165) is 49.3 Å². The topological polar surface area (TPSA) is 54.6 Å².